The SMILES string of the molecule is CC(C)(C)c1nc2c(C#N)c[nH]n2c1Nc1ccc2c(c1)OCO2. The highest BCUT2D eigenvalue weighted by molar-refractivity contribution is 5.69. The number of fused-ring (bicyclic) bond motifs is 2. The third-order valence-electron chi connectivity index (χ3n) is 3.92. The number of rotatable bonds is 2. The van der Waals surface area contributed by atoms with Crippen molar-refractivity contribution in [2.45, 2.75) is 26.2 Å². The first-order chi connectivity index (χ1) is 11.5. The van der Waals surface area contributed by atoms with Crippen molar-refractivity contribution in [2.24, 2.45) is 0 Å². The molecule has 1 aliphatic rings. The van der Waals surface area contributed by atoms with E-state index in [1.807, 2.05) is 18.2 Å². The van der Waals surface area contributed by atoms with E-state index in [-0.39, 0.29) is 12.2 Å². The first kappa shape index (κ1) is 14.5. The van der Waals surface area contributed by atoms with Crippen molar-refractivity contribution in [2.75, 3.05) is 12.1 Å². The van der Waals surface area contributed by atoms with Crippen LogP contribution in [-0.2, 0) is 5.41 Å². The lowest BCUT2D eigenvalue weighted by Crippen LogP contribution is -2.14. The first-order valence-electron chi connectivity index (χ1n) is 7.64. The molecule has 2 aromatic heterocycles. The third kappa shape index (κ3) is 2.15. The number of nitrogens with zero attached hydrogens (tertiary/aromatic N) is 3. The van der Waals surface area contributed by atoms with Gasteiger partial charge in [-0.25, -0.2) is 9.50 Å². The van der Waals surface area contributed by atoms with Crippen LogP contribution in [0.3, 0.4) is 0 Å². The zero-order valence-corrected chi connectivity index (χ0v) is 13.7. The quantitative estimate of drug-likeness (QED) is 0.755. The van der Waals surface area contributed by atoms with Gasteiger partial charge in [-0.3, -0.25) is 5.10 Å². The average molecular weight is 323 g/mol. The molecule has 0 aliphatic carbocycles. The molecule has 1 aromatic carbocycles. The summed E-state index contributed by atoms with van der Waals surface area (Å²) >= 11 is 0. The van der Waals surface area contributed by atoms with Crippen LogP contribution < -0.4 is 14.8 Å². The van der Waals surface area contributed by atoms with E-state index in [0.29, 0.717) is 17.0 Å². The molecule has 0 saturated carbocycles. The van der Waals surface area contributed by atoms with Gasteiger partial charge >= 0.3 is 0 Å². The fourth-order valence-corrected chi connectivity index (χ4v) is 2.75. The molecular weight excluding hydrogens is 306 g/mol. The predicted molar refractivity (Wildman–Crippen MR) is 88.8 cm³/mol. The highest BCUT2D eigenvalue weighted by Gasteiger charge is 2.26. The van der Waals surface area contributed by atoms with E-state index < -0.39 is 0 Å². The summed E-state index contributed by atoms with van der Waals surface area (Å²) in [5, 5.41) is 15.7. The second kappa shape index (κ2) is 4.93. The third-order valence-corrected chi connectivity index (χ3v) is 3.92. The van der Waals surface area contributed by atoms with Gasteiger partial charge in [0.15, 0.2) is 23.0 Å². The molecule has 3 aromatic rings. The Balaban J connectivity index is 1.83. The van der Waals surface area contributed by atoms with Crippen molar-refractivity contribution in [3.05, 3.63) is 35.7 Å². The Morgan fingerprint density at radius 3 is 2.83 bits per heavy atom. The minimum absolute atomic E-state index is 0.182. The van der Waals surface area contributed by atoms with E-state index in [0.717, 1.165) is 22.9 Å². The van der Waals surface area contributed by atoms with Gasteiger partial charge in [-0.05, 0) is 12.1 Å². The Morgan fingerprint density at radius 2 is 2.08 bits per heavy atom. The summed E-state index contributed by atoms with van der Waals surface area (Å²) in [6.45, 7) is 6.51. The van der Waals surface area contributed by atoms with Gasteiger partial charge < -0.3 is 14.8 Å². The molecule has 0 unspecified atom stereocenters. The van der Waals surface area contributed by atoms with Crippen LogP contribution in [0.25, 0.3) is 5.65 Å². The van der Waals surface area contributed by atoms with Crippen molar-refractivity contribution in [1.29, 1.82) is 5.26 Å². The number of hydrogen-bond donors (Lipinski definition) is 2. The van der Waals surface area contributed by atoms with Gasteiger partial charge in [0.25, 0.3) is 0 Å². The van der Waals surface area contributed by atoms with Gasteiger partial charge in [-0.1, -0.05) is 20.8 Å². The first-order valence-corrected chi connectivity index (χ1v) is 7.64. The van der Waals surface area contributed by atoms with E-state index >= 15 is 0 Å². The highest BCUT2D eigenvalue weighted by Crippen LogP contribution is 2.37. The molecule has 4 rings (SSSR count). The molecule has 122 valence electrons. The summed E-state index contributed by atoms with van der Waals surface area (Å²) in [4.78, 5) is 4.67. The van der Waals surface area contributed by atoms with Gasteiger partial charge in [-0.15, -0.1) is 0 Å². The number of aromatic nitrogens is 3. The fraction of sp³-hybridized carbons (Fsp3) is 0.294. The van der Waals surface area contributed by atoms with Gasteiger partial charge in [0.05, 0.1) is 5.69 Å². The molecule has 0 amide bonds. The summed E-state index contributed by atoms with van der Waals surface area (Å²) in [6.07, 6.45) is 1.65. The predicted octanol–water partition coefficient (Wildman–Crippen LogP) is 3.30. The number of benzene rings is 1. The normalized spacial score (nSPS) is 13.2. The molecule has 0 fully saturated rings. The Bertz CT molecular complexity index is 971. The van der Waals surface area contributed by atoms with Crippen LogP contribution in [0.5, 0.6) is 11.5 Å². The molecule has 0 saturated heterocycles. The average Bonchev–Trinajstić information content (AvgIpc) is 3.21. The Morgan fingerprint density at radius 1 is 1.29 bits per heavy atom. The zero-order chi connectivity index (χ0) is 16.9. The molecule has 1 aliphatic heterocycles. The molecule has 24 heavy (non-hydrogen) atoms. The molecule has 0 bridgehead atoms. The number of hydrogen-bond acceptors (Lipinski definition) is 5. The molecule has 0 radical (unpaired) electrons. The molecule has 7 heteroatoms. The van der Waals surface area contributed by atoms with E-state index in [1.165, 1.54) is 0 Å². The van der Waals surface area contributed by atoms with Crippen LogP contribution in [0.1, 0.15) is 32.0 Å². The van der Waals surface area contributed by atoms with Crippen LogP contribution in [-0.4, -0.2) is 21.4 Å². The number of ether oxygens (including phenoxy) is 2. The molecule has 2 N–H and O–H groups in total. The van der Waals surface area contributed by atoms with Gasteiger partial charge in [-0.2, -0.15) is 5.26 Å². The minimum atomic E-state index is -0.182. The maximum absolute atomic E-state index is 9.25. The Labute approximate surface area is 138 Å². The maximum Gasteiger partial charge on any atom is 0.231 e. The van der Waals surface area contributed by atoms with Gasteiger partial charge in [0.1, 0.15) is 11.6 Å². The lowest BCUT2D eigenvalue weighted by atomic mass is 9.92. The lowest BCUT2D eigenvalue weighted by Gasteiger charge is -2.18. The van der Waals surface area contributed by atoms with Crippen LogP contribution in [0, 0.1) is 11.3 Å². The number of aromatic amines is 1. The van der Waals surface area contributed by atoms with Gasteiger partial charge in [0, 0.05) is 23.4 Å². The van der Waals surface area contributed by atoms with Gasteiger partial charge in [0.2, 0.25) is 6.79 Å². The second-order valence-corrected chi connectivity index (χ2v) is 6.71. The molecular formula is C17H17N5O2. The molecule has 7 nitrogen and oxygen atoms in total. The summed E-state index contributed by atoms with van der Waals surface area (Å²) in [7, 11) is 0. The summed E-state index contributed by atoms with van der Waals surface area (Å²) < 4.78 is 12.6. The number of H-pyrrole nitrogens is 1. The van der Waals surface area contributed by atoms with E-state index in [2.05, 4.69) is 42.2 Å². The maximum atomic E-state index is 9.25. The Hall–Kier alpha value is -3.14. The van der Waals surface area contributed by atoms with E-state index in [4.69, 9.17) is 9.47 Å². The van der Waals surface area contributed by atoms with Crippen LogP contribution in [0.15, 0.2) is 24.4 Å². The van der Waals surface area contributed by atoms with Crippen LogP contribution >= 0.6 is 0 Å². The van der Waals surface area contributed by atoms with Crippen LogP contribution in [0.2, 0.25) is 0 Å². The lowest BCUT2D eigenvalue weighted by molar-refractivity contribution is 0.174. The second-order valence-electron chi connectivity index (χ2n) is 6.71. The smallest absolute Gasteiger partial charge is 0.231 e. The summed E-state index contributed by atoms with van der Waals surface area (Å²) in [5.74, 6) is 2.25. The number of nitrogens with one attached hydrogen (secondary N) is 2. The molecule has 0 atom stereocenters. The molecule has 3 heterocycles. The minimum Gasteiger partial charge on any atom is -0.454 e. The summed E-state index contributed by atoms with van der Waals surface area (Å²) in [6, 6.07) is 7.85. The Kier molecular flexibility index (Phi) is 2.97. The monoisotopic (exact) mass is 323 g/mol. The molecule has 0 spiro atoms. The van der Waals surface area contributed by atoms with Crippen molar-refractivity contribution in [3.63, 3.8) is 0 Å². The standard InChI is InChI=1S/C17H17N5O2/c1-17(2,3)14-16(22-15(21-14)10(7-18)8-19-22)20-11-4-5-12-13(6-11)24-9-23-12/h4-6,8,19-20H,9H2,1-3H3. The van der Waals surface area contributed by atoms with E-state index in [9.17, 15) is 5.26 Å². The van der Waals surface area contributed by atoms with Crippen molar-refractivity contribution in [1.82, 2.24) is 14.6 Å². The number of nitriles is 1. The summed E-state index contributed by atoms with van der Waals surface area (Å²) in [5.41, 5.74) is 2.69. The number of imidazole rings is 1. The number of anilines is 2. The zero-order valence-electron chi connectivity index (χ0n) is 13.7. The van der Waals surface area contributed by atoms with Crippen LogP contribution in [0.4, 0.5) is 11.5 Å². The van der Waals surface area contributed by atoms with E-state index in [1.54, 1.807) is 10.7 Å². The largest absolute Gasteiger partial charge is 0.454 e. The highest BCUT2D eigenvalue weighted by atomic mass is 16.7. The van der Waals surface area contributed by atoms with Crippen molar-refractivity contribution < 1.29 is 9.47 Å². The van der Waals surface area contributed by atoms with Crippen molar-refractivity contribution in [3.8, 4) is 17.6 Å². The van der Waals surface area contributed by atoms with Crippen molar-refractivity contribution >= 4 is 17.2 Å². The topological polar surface area (TPSA) is 87.4 Å². The fourth-order valence-electron chi connectivity index (χ4n) is 2.75.